The van der Waals surface area contributed by atoms with E-state index in [1.54, 1.807) is 50.7 Å². The lowest BCUT2D eigenvalue weighted by Crippen LogP contribution is -2.24. The van der Waals surface area contributed by atoms with Gasteiger partial charge in [-0.1, -0.05) is 0 Å². The molecule has 1 aromatic carbocycles. The van der Waals surface area contributed by atoms with Crippen molar-refractivity contribution in [3.63, 3.8) is 0 Å². The van der Waals surface area contributed by atoms with Crippen molar-refractivity contribution in [2.45, 2.75) is 30.4 Å². The van der Waals surface area contributed by atoms with E-state index in [9.17, 15) is 22.8 Å². The summed E-state index contributed by atoms with van der Waals surface area (Å²) in [5.74, 6) is -0.543. The Balaban J connectivity index is 1.54. The Morgan fingerprint density at radius 3 is 2.50 bits per heavy atom. The minimum Gasteiger partial charge on any atom is -0.406 e. The van der Waals surface area contributed by atoms with Gasteiger partial charge < -0.3 is 29.6 Å². The van der Waals surface area contributed by atoms with E-state index >= 15 is 0 Å². The van der Waals surface area contributed by atoms with Gasteiger partial charge in [-0.2, -0.15) is 0 Å². The average molecular weight is 581 g/mol. The van der Waals surface area contributed by atoms with Gasteiger partial charge in [0.1, 0.15) is 23.2 Å². The Bertz CT molecular complexity index is 1260. The predicted octanol–water partition coefficient (Wildman–Crippen LogP) is 4.88. The second-order valence-corrected chi connectivity index (χ2v) is 8.97. The molecule has 14 heteroatoms. The smallest absolute Gasteiger partial charge is 0.406 e. The van der Waals surface area contributed by atoms with Gasteiger partial charge in [0.15, 0.2) is 6.29 Å². The van der Waals surface area contributed by atoms with Gasteiger partial charge in [0, 0.05) is 30.9 Å². The molecule has 0 bridgehead atoms. The molecule has 0 radical (unpaired) electrons. The number of carbonyl (C=O) groups excluding carboxylic acids is 2. The van der Waals surface area contributed by atoms with E-state index in [1.807, 2.05) is 0 Å². The first-order chi connectivity index (χ1) is 19.1. The van der Waals surface area contributed by atoms with Crippen molar-refractivity contribution < 1.29 is 41.7 Å². The van der Waals surface area contributed by atoms with Crippen LogP contribution in [0, 0.1) is 0 Å². The maximum absolute atomic E-state index is 12.9. The highest BCUT2D eigenvalue weighted by Crippen LogP contribution is 2.27. The standard InChI is InChI=1S/C26H27F3N4O6S/c1-17(37-13-12-36-2)38-15-23(34)33-22-14-18(9-11-30-22)16-40-25-21(4-3-10-31-25)24(35)32-19-5-7-20(8-6-19)39-26(27,28)29/h3-11,14,17H,12-13,15-16H2,1-2H3,(H,32,35)(H,30,33,34). The molecule has 0 saturated heterocycles. The molecule has 0 spiro atoms. The normalized spacial score (nSPS) is 12.0. The molecule has 2 aromatic heterocycles. The van der Waals surface area contributed by atoms with Gasteiger partial charge in [-0.25, -0.2) is 9.97 Å². The molecule has 214 valence electrons. The minimum absolute atomic E-state index is 0.223. The van der Waals surface area contributed by atoms with Gasteiger partial charge in [0.25, 0.3) is 11.8 Å². The summed E-state index contributed by atoms with van der Waals surface area (Å²) >= 11 is 1.29. The fraction of sp³-hybridized carbons (Fsp3) is 0.308. The van der Waals surface area contributed by atoms with Crippen molar-refractivity contribution >= 4 is 35.1 Å². The number of benzene rings is 1. The van der Waals surface area contributed by atoms with Crippen LogP contribution in [0.25, 0.3) is 0 Å². The summed E-state index contributed by atoms with van der Waals surface area (Å²) in [6, 6.07) is 11.4. The summed E-state index contributed by atoms with van der Waals surface area (Å²) in [4.78, 5) is 33.5. The number of nitrogens with one attached hydrogen (secondary N) is 2. The third kappa shape index (κ3) is 10.8. The van der Waals surface area contributed by atoms with Crippen LogP contribution in [0.4, 0.5) is 24.7 Å². The van der Waals surface area contributed by atoms with Gasteiger partial charge >= 0.3 is 6.36 Å². The van der Waals surface area contributed by atoms with Crippen molar-refractivity contribution in [1.29, 1.82) is 0 Å². The number of nitrogens with zero attached hydrogens (tertiary/aromatic N) is 2. The van der Waals surface area contributed by atoms with E-state index in [2.05, 4.69) is 25.3 Å². The van der Waals surface area contributed by atoms with Crippen molar-refractivity contribution in [1.82, 2.24) is 9.97 Å². The largest absolute Gasteiger partial charge is 0.573 e. The number of anilines is 2. The summed E-state index contributed by atoms with van der Waals surface area (Å²) in [7, 11) is 1.56. The second kappa shape index (κ2) is 15.2. The van der Waals surface area contributed by atoms with E-state index in [0.717, 1.165) is 17.7 Å². The number of aromatic nitrogens is 2. The molecule has 2 heterocycles. The number of ether oxygens (including phenoxy) is 4. The number of carbonyl (C=O) groups is 2. The summed E-state index contributed by atoms with van der Waals surface area (Å²) in [5.41, 5.74) is 1.38. The van der Waals surface area contributed by atoms with Gasteiger partial charge in [-0.15, -0.1) is 24.9 Å². The third-order valence-corrected chi connectivity index (χ3v) is 5.99. The molecule has 40 heavy (non-hydrogen) atoms. The molecule has 0 saturated carbocycles. The Kier molecular flexibility index (Phi) is 11.7. The van der Waals surface area contributed by atoms with Crippen LogP contribution in [0.3, 0.4) is 0 Å². The number of halogens is 3. The Hall–Kier alpha value is -3.72. The number of hydrogen-bond donors (Lipinski definition) is 2. The zero-order valence-electron chi connectivity index (χ0n) is 21.6. The maximum atomic E-state index is 12.9. The van der Waals surface area contributed by atoms with Crippen molar-refractivity contribution in [3.8, 4) is 5.75 Å². The highest BCUT2D eigenvalue weighted by Gasteiger charge is 2.31. The Morgan fingerprint density at radius 1 is 1.00 bits per heavy atom. The summed E-state index contributed by atoms with van der Waals surface area (Å²) in [6.07, 6.45) is -2.30. The van der Waals surface area contributed by atoms with E-state index in [1.165, 1.54) is 23.9 Å². The molecule has 0 fully saturated rings. The molecular formula is C26H27F3N4O6S. The molecule has 1 atom stereocenters. The van der Waals surface area contributed by atoms with E-state index < -0.39 is 30.2 Å². The van der Waals surface area contributed by atoms with Crippen molar-refractivity contribution in [3.05, 3.63) is 72.1 Å². The van der Waals surface area contributed by atoms with Crippen molar-refractivity contribution in [2.24, 2.45) is 0 Å². The van der Waals surface area contributed by atoms with E-state index in [4.69, 9.17) is 14.2 Å². The highest BCUT2D eigenvalue weighted by atomic mass is 32.2. The summed E-state index contributed by atoms with van der Waals surface area (Å²) in [6.45, 7) is 2.21. The van der Waals surface area contributed by atoms with Crippen LogP contribution in [0.2, 0.25) is 0 Å². The average Bonchev–Trinajstić information content (AvgIpc) is 2.91. The van der Waals surface area contributed by atoms with Gasteiger partial charge in [-0.3, -0.25) is 9.59 Å². The molecule has 3 aromatic rings. The zero-order chi connectivity index (χ0) is 29.0. The maximum Gasteiger partial charge on any atom is 0.573 e. The van der Waals surface area contributed by atoms with Gasteiger partial charge in [0.05, 0.1) is 18.8 Å². The first-order valence-corrected chi connectivity index (χ1v) is 12.8. The quantitative estimate of drug-likeness (QED) is 0.156. The van der Waals surface area contributed by atoms with Crippen LogP contribution >= 0.6 is 11.8 Å². The van der Waals surface area contributed by atoms with Crippen LogP contribution in [0.15, 0.2) is 66.0 Å². The number of rotatable bonds is 14. The van der Waals surface area contributed by atoms with Crippen LogP contribution in [-0.4, -0.2) is 61.4 Å². The molecule has 0 aliphatic carbocycles. The van der Waals surface area contributed by atoms with Gasteiger partial charge in [-0.05, 0) is 61.0 Å². The van der Waals surface area contributed by atoms with Crippen LogP contribution in [-0.2, 0) is 24.8 Å². The third-order valence-electron chi connectivity index (χ3n) is 4.92. The lowest BCUT2D eigenvalue weighted by molar-refractivity contribution is -0.274. The molecule has 2 amide bonds. The lowest BCUT2D eigenvalue weighted by atomic mass is 10.2. The highest BCUT2D eigenvalue weighted by molar-refractivity contribution is 7.98. The number of pyridine rings is 2. The first-order valence-electron chi connectivity index (χ1n) is 11.8. The molecule has 10 nitrogen and oxygen atoms in total. The number of thioether (sulfide) groups is 1. The summed E-state index contributed by atoms with van der Waals surface area (Å²) < 4.78 is 56.5. The topological polar surface area (TPSA) is 121 Å². The monoisotopic (exact) mass is 580 g/mol. The van der Waals surface area contributed by atoms with Crippen LogP contribution < -0.4 is 15.4 Å². The Labute approximate surface area is 232 Å². The second-order valence-electron chi connectivity index (χ2n) is 8.01. The number of hydrogen-bond acceptors (Lipinski definition) is 9. The minimum atomic E-state index is -4.81. The number of alkyl halides is 3. The molecule has 0 aliphatic rings. The molecule has 0 aliphatic heterocycles. The number of methoxy groups -OCH3 is 1. The van der Waals surface area contributed by atoms with Crippen molar-refractivity contribution in [2.75, 3.05) is 37.6 Å². The molecule has 2 N–H and O–H groups in total. The van der Waals surface area contributed by atoms with E-state index in [0.29, 0.717) is 29.8 Å². The molecule has 1 unspecified atom stereocenters. The SMILES string of the molecule is COCCOC(C)OCC(=O)Nc1cc(CSc2ncccc2C(=O)Nc2ccc(OC(F)(F)F)cc2)ccn1. The van der Waals surface area contributed by atoms with E-state index in [-0.39, 0.29) is 17.9 Å². The fourth-order valence-corrected chi connectivity index (χ4v) is 4.05. The summed E-state index contributed by atoms with van der Waals surface area (Å²) in [5, 5.41) is 5.74. The lowest BCUT2D eigenvalue weighted by Gasteiger charge is -2.13. The van der Waals surface area contributed by atoms with Crippen LogP contribution in [0.5, 0.6) is 5.75 Å². The van der Waals surface area contributed by atoms with Crippen LogP contribution in [0.1, 0.15) is 22.8 Å². The predicted molar refractivity (Wildman–Crippen MR) is 141 cm³/mol. The first kappa shape index (κ1) is 30.8. The molecular weight excluding hydrogens is 553 g/mol. The fourth-order valence-electron chi connectivity index (χ4n) is 3.12. The van der Waals surface area contributed by atoms with Gasteiger partial charge in [0.2, 0.25) is 0 Å². The zero-order valence-corrected chi connectivity index (χ0v) is 22.4. The Morgan fingerprint density at radius 2 is 1.77 bits per heavy atom. The molecule has 3 rings (SSSR count). The number of amides is 2.